The maximum absolute atomic E-state index is 12.0. The third-order valence-corrected chi connectivity index (χ3v) is 5.09. The van der Waals surface area contributed by atoms with Crippen LogP contribution in [0.5, 0.6) is 0 Å². The number of nitrogen functional groups attached to an aromatic ring is 1. The molecular formula is C14H23N3O3S. The van der Waals surface area contributed by atoms with E-state index >= 15 is 0 Å². The first-order valence-electron chi connectivity index (χ1n) is 7.21. The average molecular weight is 313 g/mol. The van der Waals surface area contributed by atoms with E-state index in [9.17, 15) is 8.42 Å². The molecule has 21 heavy (non-hydrogen) atoms. The van der Waals surface area contributed by atoms with Gasteiger partial charge in [0, 0.05) is 12.2 Å². The van der Waals surface area contributed by atoms with Gasteiger partial charge < -0.3 is 15.8 Å². The molecule has 0 unspecified atom stereocenters. The van der Waals surface area contributed by atoms with Crippen molar-refractivity contribution in [3.8, 4) is 0 Å². The van der Waals surface area contributed by atoms with Crippen molar-refractivity contribution in [2.24, 2.45) is 0 Å². The summed E-state index contributed by atoms with van der Waals surface area (Å²) in [6.07, 6.45) is 5.09. The van der Waals surface area contributed by atoms with Crippen LogP contribution < -0.4 is 15.8 Å². The monoisotopic (exact) mass is 313 g/mol. The lowest BCUT2D eigenvalue weighted by Gasteiger charge is -2.15. The molecule has 0 aromatic heterocycles. The zero-order valence-electron chi connectivity index (χ0n) is 12.3. The van der Waals surface area contributed by atoms with Crippen LogP contribution in [0.3, 0.4) is 0 Å². The number of benzene rings is 1. The van der Waals surface area contributed by atoms with Crippen LogP contribution in [-0.2, 0) is 14.8 Å². The van der Waals surface area contributed by atoms with Crippen molar-refractivity contribution >= 4 is 21.4 Å². The normalized spacial score (nSPS) is 16.2. The maximum Gasteiger partial charge on any atom is 0.242 e. The van der Waals surface area contributed by atoms with E-state index in [1.165, 1.54) is 26.0 Å². The van der Waals surface area contributed by atoms with Crippen molar-refractivity contribution in [1.29, 1.82) is 0 Å². The number of nitrogens with two attached hydrogens (primary N) is 1. The second-order valence-electron chi connectivity index (χ2n) is 5.17. The number of ether oxygens (including phenoxy) is 1. The zero-order valence-corrected chi connectivity index (χ0v) is 13.1. The molecule has 0 bridgehead atoms. The number of anilines is 2. The minimum Gasteiger partial charge on any atom is -0.399 e. The third kappa shape index (κ3) is 4.33. The molecule has 2 rings (SSSR count). The van der Waals surface area contributed by atoms with E-state index in [2.05, 4.69) is 10.0 Å². The van der Waals surface area contributed by atoms with E-state index in [4.69, 9.17) is 10.5 Å². The summed E-state index contributed by atoms with van der Waals surface area (Å²) in [4.78, 5) is 0.158. The molecule has 118 valence electrons. The fraction of sp³-hybridized carbons (Fsp3) is 0.571. The zero-order chi connectivity index (χ0) is 15.3. The first-order valence-corrected chi connectivity index (χ1v) is 8.70. The summed E-state index contributed by atoms with van der Waals surface area (Å²) >= 11 is 0. The standard InChI is InChI=1S/C14H23N3O3S/c1-16-21(18,19)14-10-11(15)6-7-13(14)17-8-9-20-12-4-2-3-5-12/h6-7,10,12,16-17H,2-5,8-9,15H2,1H3. The van der Waals surface area contributed by atoms with Crippen LogP contribution in [0.1, 0.15) is 25.7 Å². The molecule has 0 spiro atoms. The van der Waals surface area contributed by atoms with E-state index in [-0.39, 0.29) is 4.90 Å². The van der Waals surface area contributed by atoms with Gasteiger partial charge in [0.2, 0.25) is 10.0 Å². The minimum absolute atomic E-state index is 0.158. The van der Waals surface area contributed by atoms with E-state index in [1.54, 1.807) is 12.1 Å². The number of rotatable bonds is 7. The summed E-state index contributed by atoms with van der Waals surface area (Å²) in [7, 11) is -2.16. The van der Waals surface area contributed by atoms with Gasteiger partial charge in [0.1, 0.15) is 4.90 Å². The van der Waals surface area contributed by atoms with Crippen molar-refractivity contribution in [1.82, 2.24) is 4.72 Å². The Hall–Kier alpha value is -1.31. The minimum atomic E-state index is -3.54. The molecule has 0 radical (unpaired) electrons. The first kappa shape index (κ1) is 16.1. The van der Waals surface area contributed by atoms with E-state index < -0.39 is 10.0 Å². The van der Waals surface area contributed by atoms with Crippen LogP contribution in [0.15, 0.2) is 23.1 Å². The molecule has 1 aliphatic rings. The number of hydrogen-bond donors (Lipinski definition) is 3. The number of sulfonamides is 1. The van der Waals surface area contributed by atoms with Crippen molar-refractivity contribution in [2.45, 2.75) is 36.7 Å². The van der Waals surface area contributed by atoms with Crippen molar-refractivity contribution in [3.63, 3.8) is 0 Å². The highest BCUT2D eigenvalue weighted by molar-refractivity contribution is 7.89. The van der Waals surface area contributed by atoms with Crippen LogP contribution in [0.25, 0.3) is 0 Å². The lowest BCUT2D eigenvalue weighted by molar-refractivity contribution is 0.0659. The van der Waals surface area contributed by atoms with Gasteiger partial charge in [-0.25, -0.2) is 13.1 Å². The van der Waals surface area contributed by atoms with Gasteiger partial charge >= 0.3 is 0 Å². The second-order valence-corrected chi connectivity index (χ2v) is 7.02. The molecule has 1 aliphatic carbocycles. The summed E-state index contributed by atoms with van der Waals surface area (Å²) in [6.45, 7) is 1.13. The highest BCUT2D eigenvalue weighted by Crippen LogP contribution is 2.24. The van der Waals surface area contributed by atoms with E-state index in [1.807, 2.05) is 0 Å². The lowest BCUT2D eigenvalue weighted by atomic mass is 10.3. The molecule has 0 saturated heterocycles. The topological polar surface area (TPSA) is 93.5 Å². The van der Waals surface area contributed by atoms with Crippen LogP contribution in [0, 0.1) is 0 Å². The average Bonchev–Trinajstić information content (AvgIpc) is 2.98. The molecule has 1 saturated carbocycles. The summed E-state index contributed by atoms with van der Waals surface area (Å²) < 4.78 is 32.0. The maximum atomic E-state index is 12.0. The molecule has 1 aromatic carbocycles. The van der Waals surface area contributed by atoms with Crippen LogP contribution in [0.4, 0.5) is 11.4 Å². The molecule has 1 fully saturated rings. The molecule has 1 aromatic rings. The Morgan fingerprint density at radius 1 is 1.33 bits per heavy atom. The third-order valence-electron chi connectivity index (χ3n) is 3.64. The van der Waals surface area contributed by atoms with Gasteiger partial charge in [0.25, 0.3) is 0 Å². The quantitative estimate of drug-likeness (QED) is 0.524. The Labute approximate surface area is 126 Å². The Morgan fingerprint density at radius 3 is 2.71 bits per heavy atom. The fourth-order valence-corrected chi connectivity index (χ4v) is 3.42. The Bertz CT molecular complexity index is 569. The number of nitrogens with one attached hydrogen (secondary N) is 2. The van der Waals surface area contributed by atoms with Gasteiger partial charge in [-0.2, -0.15) is 0 Å². The molecular weight excluding hydrogens is 290 g/mol. The molecule has 0 aliphatic heterocycles. The molecule has 4 N–H and O–H groups in total. The predicted molar refractivity (Wildman–Crippen MR) is 83.8 cm³/mol. The van der Waals surface area contributed by atoms with Gasteiger partial charge in [-0.3, -0.25) is 0 Å². The largest absolute Gasteiger partial charge is 0.399 e. The van der Waals surface area contributed by atoms with E-state index in [0.717, 1.165) is 12.8 Å². The summed E-state index contributed by atoms with van der Waals surface area (Å²) in [5.41, 5.74) is 6.62. The Morgan fingerprint density at radius 2 is 2.05 bits per heavy atom. The predicted octanol–water partition coefficient (Wildman–Crippen LogP) is 1.55. The van der Waals surface area contributed by atoms with Crippen molar-refractivity contribution < 1.29 is 13.2 Å². The van der Waals surface area contributed by atoms with Crippen molar-refractivity contribution in [2.75, 3.05) is 31.2 Å². The lowest BCUT2D eigenvalue weighted by Crippen LogP contribution is -2.21. The van der Waals surface area contributed by atoms with Gasteiger partial charge in [0.05, 0.1) is 18.4 Å². The summed E-state index contributed by atoms with van der Waals surface area (Å²) in [5, 5.41) is 3.11. The van der Waals surface area contributed by atoms with E-state index in [0.29, 0.717) is 30.6 Å². The van der Waals surface area contributed by atoms with Gasteiger partial charge in [-0.05, 0) is 38.1 Å². The SMILES string of the molecule is CNS(=O)(=O)c1cc(N)ccc1NCCOC1CCCC1. The summed E-state index contributed by atoms with van der Waals surface area (Å²) in [6, 6.07) is 4.80. The van der Waals surface area contributed by atoms with Crippen LogP contribution >= 0.6 is 0 Å². The van der Waals surface area contributed by atoms with Crippen LogP contribution in [0.2, 0.25) is 0 Å². The molecule has 0 atom stereocenters. The second kappa shape index (κ2) is 7.11. The highest BCUT2D eigenvalue weighted by Gasteiger charge is 2.17. The summed E-state index contributed by atoms with van der Waals surface area (Å²) in [5.74, 6) is 0. The van der Waals surface area contributed by atoms with Gasteiger partial charge in [-0.15, -0.1) is 0 Å². The van der Waals surface area contributed by atoms with Gasteiger partial charge in [-0.1, -0.05) is 12.8 Å². The molecule has 6 nitrogen and oxygen atoms in total. The smallest absolute Gasteiger partial charge is 0.242 e. The molecule has 0 heterocycles. The van der Waals surface area contributed by atoms with Gasteiger partial charge in [0.15, 0.2) is 0 Å². The Kier molecular flexibility index (Phi) is 5.44. The fourth-order valence-electron chi connectivity index (χ4n) is 2.48. The molecule has 7 heteroatoms. The van der Waals surface area contributed by atoms with Crippen molar-refractivity contribution in [3.05, 3.63) is 18.2 Å². The van der Waals surface area contributed by atoms with Crippen LogP contribution in [-0.4, -0.2) is 34.7 Å². The Balaban J connectivity index is 1.96. The molecule has 0 amide bonds. The highest BCUT2D eigenvalue weighted by atomic mass is 32.2. The number of hydrogen-bond acceptors (Lipinski definition) is 5. The first-order chi connectivity index (χ1) is 10.0.